The van der Waals surface area contributed by atoms with Crippen molar-refractivity contribution in [3.8, 4) is 0 Å². The molecule has 0 aliphatic rings. The molecule has 0 fully saturated rings. The number of ether oxygens (including phenoxy) is 1. The summed E-state index contributed by atoms with van der Waals surface area (Å²) in [5, 5.41) is 0.0206. The van der Waals surface area contributed by atoms with E-state index in [2.05, 4.69) is 22.9 Å². The van der Waals surface area contributed by atoms with E-state index in [1.54, 1.807) is 6.92 Å². The summed E-state index contributed by atoms with van der Waals surface area (Å²) in [7, 11) is 1.31. The quantitative estimate of drug-likeness (QED) is 0.261. The van der Waals surface area contributed by atoms with Gasteiger partial charge in [0.15, 0.2) is 5.12 Å². The van der Waals surface area contributed by atoms with Crippen LogP contribution in [0.5, 0.6) is 0 Å². The average Bonchev–Trinajstić information content (AvgIpc) is 2.73. The fraction of sp³-hybridized carbons (Fsp3) is 0.609. The number of unbranched alkanes of at least 4 members (excludes halogenated alkanes) is 5. The number of hydrogen-bond donors (Lipinski definition) is 0. The molecule has 0 aliphatic carbocycles. The van der Waals surface area contributed by atoms with Crippen molar-refractivity contribution in [3.05, 3.63) is 27.7 Å². The zero-order valence-corrected chi connectivity index (χ0v) is 21.2. The SMILES string of the molecule is CCCCCCCCC(=O)SCC(=O)N(c1c(C)ccc(Br)c1C)[C@@H](C)C(=O)OC. The number of esters is 1. The van der Waals surface area contributed by atoms with Gasteiger partial charge in [0.05, 0.1) is 18.6 Å². The number of nitrogens with zero attached hydrogens (tertiary/aromatic N) is 1. The smallest absolute Gasteiger partial charge is 0.328 e. The number of aryl methyl sites for hydroxylation is 1. The Bertz CT molecular complexity index is 738. The Morgan fingerprint density at radius 1 is 1.10 bits per heavy atom. The van der Waals surface area contributed by atoms with E-state index in [-0.39, 0.29) is 16.8 Å². The molecule has 0 spiro atoms. The van der Waals surface area contributed by atoms with Crippen molar-refractivity contribution in [3.63, 3.8) is 0 Å². The number of hydrogen-bond acceptors (Lipinski definition) is 5. The average molecular weight is 500 g/mol. The Balaban J connectivity index is 2.82. The van der Waals surface area contributed by atoms with Crippen LogP contribution in [-0.2, 0) is 19.1 Å². The molecule has 1 amide bonds. The van der Waals surface area contributed by atoms with E-state index in [1.165, 1.54) is 31.3 Å². The minimum absolute atomic E-state index is 0.00138. The molecule has 0 bridgehead atoms. The maximum absolute atomic E-state index is 13.1. The fourth-order valence-corrected chi connectivity index (χ4v) is 4.36. The zero-order valence-electron chi connectivity index (χ0n) is 18.8. The second kappa shape index (κ2) is 13.9. The molecule has 1 aromatic rings. The molecule has 1 aromatic carbocycles. The molecule has 1 atom stereocenters. The summed E-state index contributed by atoms with van der Waals surface area (Å²) in [5.74, 6) is -0.773. The largest absolute Gasteiger partial charge is 0.467 e. The van der Waals surface area contributed by atoms with Gasteiger partial charge in [0.2, 0.25) is 5.91 Å². The molecule has 0 unspecified atom stereocenters. The molecule has 0 heterocycles. The Morgan fingerprint density at radius 3 is 2.37 bits per heavy atom. The van der Waals surface area contributed by atoms with Crippen LogP contribution in [0.1, 0.15) is 69.9 Å². The third-order valence-electron chi connectivity index (χ3n) is 5.10. The van der Waals surface area contributed by atoms with Crippen LogP contribution >= 0.6 is 27.7 Å². The lowest BCUT2D eigenvalue weighted by atomic mass is 10.1. The molecule has 1 rings (SSSR count). The van der Waals surface area contributed by atoms with Crippen LogP contribution in [0.2, 0.25) is 0 Å². The first-order chi connectivity index (χ1) is 14.2. The summed E-state index contributed by atoms with van der Waals surface area (Å²) in [5.41, 5.74) is 2.42. The summed E-state index contributed by atoms with van der Waals surface area (Å²) >= 11 is 4.53. The monoisotopic (exact) mass is 499 g/mol. The third-order valence-corrected chi connectivity index (χ3v) is 6.87. The van der Waals surface area contributed by atoms with Gasteiger partial charge in [-0.3, -0.25) is 14.5 Å². The summed E-state index contributed by atoms with van der Waals surface area (Å²) < 4.78 is 5.73. The highest BCUT2D eigenvalue weighted by Gasteiger charge is 2.31. The highest BCUT2D eigenvalue weighted by molar-refractivity contribution is 9.10. The minimum atomic E-state index is -0.788. The Labute approximate surface area is 193 Å². The first-order valence-electron chi connectivity index (χ1n) is 10.6. The third kappa shape index (κ3) is 8.06. The van der Waals surface area contributed by atoms with E-state index < -0.39 is 12.0 Å². The van der Waals surface area contributed by atoms with Gasteiger partial charge in [0, 0.05) is 10.9 Å². The molecule has 0 aromatic heterocycles. The number of amides is 1. The highest BCUT2D eigenvalue weighted by atomic mass is 79.9. The molecule has 0 radical (unpaired) electrons. The molecule has 0 N–H and O–H groups in total. The Morgan fingerprint density at radius 2 is 1.73 bits per heavy atom. The van der Waals surface area contributed by atoms with Crippen molar-refractivity contribution >= 4 is 50.4 Å². The van der Waals surface area contributed by atoms with Gasteiger partial charge in [-0.15, -0.1) is 0 Å². The van der Waals surface area contributed by atoms with Crippen LogP contribution in [0.15, 0.2) is 16.6 Å². The highest BCUT2D eigenvalue weighted by Crippen LogP contribution is 2.33. The molecule has 168 valence electrons. The number of benzene rings is 1. The van der Waals surface area contributed by atoms with Crippen molar-refractivity contribution in [2.24, 2.45) is 0 Å². The molecule has 0 aliphatic heterocycles. The van der Waals surface area contributed by atoms with E-state index in [4.69, 9.17) is 4.74 Å². The predicted octanol–water partition coefficient (Wildman–Crippen LogP) is 5.97. The van der Waals surface area contributed by atoms with Crippen LogP contribution in [0.3, 0.4) is 0 Å². The second-order valence-electron chi connectivity index (χ2n) is 7.48. The number of halogens is 1. The number of carbonyl (C=O) groups is 3. The molecule has 30 heavy (non-hydrogen) atoms. The van der Waals surface area contributed by atoms with Crippen molar-refractivity contribution in [1.82, 2.24) is 0 Å². The normalized spacial score (nSPS) is 11.8. The van der Waals surface area contributed by atoms with E-state index in [0.29, 0.717) is 12.1 Å². The number of thioether (sulfide) groups is 1. The van der Waals surface area contributed by atoms with Gasteiger partial charge in [-0.25, -0.2) is 4.79 Å². The van der Waals surface area contributed by atoms with Crippen molar-refractivity contribution in [1.29, 1.82) is 0 Å². The lowest BCUT2D eigenvalue weighted by Gasteiger charge is -2.30. The van der Waals surface area contributed by atoms with Gasteiger partial charge in [0.25, 0.3) is 0 Å². The lowest BCUT2D eigenvalue weighted by Crippen LogP contribution is -2.45. The van der Waals surface area contributed by atoms with Gasteiger partial charge in [0.1, 0.15) is 6.04 Å². The lowest BCUT2D eigenvalue weighted by molar-refractivity contribution is -0.142. The van der Waals surface area contributed by atoms with Gasteiger partial charge in [-0.1, -0.05) is 72.8 Å². The topological polar surface area (TPSA) is 63.7 Å². The summed E-state index contributed by atoms with van der Waals surface area (Å²) in [6, 6.07) is 3.02. The maximum atomic E-state index is 13.1. The first-order valence-corrected chi connectivity index (χ1v) is 12.3. The van der Waals surface area contributed by atoms with Gasteiger partial charge < -0.3 is 4.74 Å². The number of anilines is 1. The van der Waals surface area contributed by atoms with E-state index in [9.17, 15) is 14.4 Å². The molecule has 7 heteroatoms. The van der Waals surface area contributed by atoms with Crippen LogP contribution in [0, 0.1) is 13.8 Å². The summed E-state index contributed by atoms with van der Waals surface area (Å²) in [6.07, 6.45) is 7.18. The summed E-state index contributed by atoms with van der Waals surface area (Å²) in [4.78, 5) is 39.0. The minimum Gasteiger partial charge on any atom is -0.467 e. The summed E-state index contributed by atoms with van der Waals surface area (Å²) in [6.45, 7) is 7.62. The van der Waals surface area contributed by atoms with Crippen molar-refractivity contribution < 1.29 is 19.1 Å². The Kier molecular flexibility index (Phi) is 12.3. The Hall–Kier alpha value is -1.34. The molecular formula is C23H34BrNO4S. The molecule has 0 saturated heterocycles. The van der Waals surface area contributed by atoms with Gasteiger partial charge >= 0.3 is 5.97 Å². The second-order valence-corrected chi connectivity index (χ2v) is 9.37. The van der Waals surface area contributed by atoms with Crippen LogP contribution in [0.4, 0.5) is 5.69 Å². The molecule has 0 saturated carbocycles. The van der Waals surface area contributed by atoms with Crippen LogP contribution < -0.4 is 4.90 Å². The van der Waals surface area contributed by atoms with E-state index in [0.717, 1.165) is 46.6 Å². The van der Waals surface area contributed by atoms with Crippen molar-refractivity contribution in [2.75, 3.05) is 17.8 Å². The van der Waals surface area contributed by atoms with Crippen molar-refractivity contribution in [2.45, 2.75) is 78.7 Å². The predicted molar refractivity (Wildman–Crippen MR) is 128 cm³/mol. The standard InChI is InChI=1S/C23H34BrNO4S/c1-6-7-8-9-10-11-12-21(27)30-15-20(26)25(18(4)23(28)29-5)22-16(2)13-14-19(24)17(22)3/h13-14,18H,6-12,15H2,1-5H3/t18-/m0/s1. The van der Waals surface area contributed by atoms with Crippen LogP contribution in [-0.4, -0.2) is 35.9 Å². The van der Waals surface area contributed by atoms with Gasteiger partial charge in [-0.05, 0) is 44.4 Å². The number of rotatable bonds is 12. The first kappa shape index (κ1) is 26.7. The zero-order chi connectivity index (χ0) is 22.7. The van der Waals surface area contributed by atoms with Crippen LogP contribution in [0.25, 0.3) is 0 Å². The number of methoxy groups -OCH3 is 1. The number of carbonyl (C=O) groups excluding carboxylic acids is 3. The molecule has 5 nitrogen and oxygen atoms in total. The van der Waals surface area contributed by atoms with E-state index >= 15 is 0 Å². The molecular weight excluding hydrogens is 466 g/mol. The fourth-order valence-electron chi connectivity index (χ4n) is 3.33. The van der Waals surface area contributed by atoms with Gasteiger partial charge in [-0.2, -0.15) is 0 Å². The maximum Gasteiger partial charge on any atom is 0.328 e. The van der Waals surface area contributed by atoms with E-state index in [1.807, 2.05) is 26.0 Å².